The van der Waals surface area contributed by atoms with Gasteiger partial charge in [-0.3, -0.25) is 4.79 Å². The highest BCUT2D eigenvalue weighted by atomic mass is 32.2. The summed E-state index contributed by atoms with van der Waals surface area (Å²) < 4.78 is 9.91. The molecule has 0 spiro atoms. The zero-order valence-electron chi connectivity index (χ0n) is 18.7. The van der Waals surface area contributed by atoms with Crippen LogP contribution in [0.15, 0.2) is 11.2 Å². The molecule has 1 aliphatic carbocycles. The minimum absolute atomic E-state index is 0.174. The Balaban J connectivity index is 1.76. The van der Waals surface area contributed by atoms with Gasteiger partial charge in [-0.15, -0.1) is 0 Å². The molecule has 6 heteroatoms. The normalized spacial score (nSPS) is 16.3. The van der Waals surface area contributed by atoms with Crippen molar-refractivity contribution >= 4 is 17.5 Å². The molecular weight excluding hydrogens is 382 g/mol. The molecule has 0 bridgehead atoms. The molecule has 1 fully saturated rings. The van der Waals surface area contributed by atoms with E-state index < -0.39 is 0 Å². The van der Waals surface area contributed by atoms with Crippen molar-refractivity contribution in [2.75, 3.05) is 19.5 Å². The summed E-state index contributed by atoms with van der Waals surface area (Å²) in [5, 5.41) is 1.00. The SMILES string of the molecule is COCC(C)n1c(C)cc(C(=O)CSc2nc(C)c(C)n2C2CCCCC2)c1C. The zero-order valence-corrected chi connectivity index (χ0v) is 19.6. The standard InChI is InChI=1S/C23H35N3O2S/c1-15-12-21(19(5)25(15)16(2)13-28-6)22(27)14-29-23-24-17(3)18(4)26(23)20-10-8-7-9-11-20/h12,16,20H,7-11,13-14H2,1-6H3. The molecule has 160 valence electrons. The van der Waals surface area contributed by atoms with Gasteiger partial charge in [-0.25, -0.2) is 4.98 Å². The lowest BCUT2D eigenvalue weighted by molar-refractivity contribution is 0.102. The number of rotatable bonds is 8. The van der Waals surface area contributed by atoms with E-state index in [1.54, 1.807) is 18.9 Å². The number of ketones is 1. The molecule has 0 saturated heterocycles. The summed E-state index contributed by atoms with van der Waals surface area (Å²) in [6, 6.07) is 2.77. The third-order valence-corrected chi connectivity index (χ3v) is 7.21. The molecular formula is C23H35N3O2S. The maximum Gasteiger partial charge on any atom is 0.175 e. The Morgan fingerprint density at radius 3 is 2.55 bits per heavy atom. The first-order valence-corrected chi connectivity index (χ1v) is 11.7. The van der Waals surface area contributed by atoms with Gasteiger partial charge in [-0.05, 0) is 53.5 Å². The van der Waals surface area contributed by atoms with E-state index in [9.17, 15) is 4.79 Å². The molecule has 0 amide bonds. The topological polar surface area (TPSA) is 49.1 Å². The van der Waals surface area contributed by atoms with Gasteiger partial charge in [-0.1, -0.05) is 31.0 Å². The first-order valence-electron chi connectivity index (χ1n) is 10.7. The lowest BCUT2D eigenvalue weighted by atomic mass is 9.95. The number of aryl methyl sites for hydroxylation is 2. The van der Waals surface area contributed by atoms with E-state index >= 15 is 0 Å². The van der Waals surface area contributed by atoms with Crippen LogP contribution in [0.3, 0.4) is 0 Å². The Bertz CT molecular complexity index is 862. The number of carbonyl (C=O) groups excluding carboxylic acids is 1. The number of methoxy groups -OCH3 is 1. The lowest BCUT2D eigenvalue weighted by Crippen LogP contribution is -2.16. The molecule has 3 rings (SSSR count). The smallest absolute Gasteiger partial charge is 0.175 e. The van der Waals surface area contributed by atoms with Gasteiger partial charge in [0.2, 0.25) is 0 Å². The molecule has 2 heterocycles. The fourth-order valence-electron chi connectivity index (χ4n) is 4.73. The molecule has 2 aromatic heterocycles. The highest BCUT2D eigenvalue weighted by Gasteiger charge is 2.24. The quantitative estimate of drug-likeness (QED) is 0.414. The summed E-state index contributed by atoms with van der Waals surface area (Å²) in [4.78, 5) is 17.9. The number of ether oxygens (including phenoxy) is 1. The van der Waals surface area contributed by atoms with E-state index in [0.717, 1.165) is 27.8 Å². The van der Waals surface area contributed by atoms with Crippen molar-refractivity contribution in [1.29, 1.82) is 0 Å². The minimum atomic E-state index is 0.174. The number of hydrogen-bond acceptors (Lipinski definition) is 4. The number of aromatic nitrogens is 3. The number of carbonyl (C=O) groups is 1. The van der Waals surface area contributed by atoms with Crippen LogP contribution in [-0.4, -0.2) is 39.4 Å². The maximum atomic E-state index is 13.1. The fraction of sp³-hybridized carbons (Fsp3) is 0.652. The fourth-order valence-corrected chi connectivity index (χ4v) is 5.77. The van der Waals surface area contributed by atoms with Crippen LogP contribution < -0.4 is 0 Å². The molecule has 2 aromatic rings. The van der Waals surface area contributed by atoms with Gasteiger partial charge < -0.3 is 13.9 Å². The van der Waals surface area contributed by atoms with E-state index in [4.69, 9.17) is 9.72 Å². The lowest BCUT2D eigenvalue weighted by Gasteiger charge is -2.26. The third-order valence-electron chi connectivity index (χ3n) is 6.26. The first kappa shape index (κ1) is 22.2. The first-order chi connectivity index (χ1) is 13.8. The summed E-state index contributed by atoms with van der Waals surface area (Å²) in [5.41, 5.74) is 5.29. The molecule has 0 N–H and O–H groups in total. The van der Waals surface area contributed by atoms with Crippen LogP contribution in [-0.2, 0) is 4.74 Å². The summed E-state index contributed by atoms with van der Waals surface area (Å²) in [7, 11) is 1.71. The number of imidazole rings is 1. The van der Waals surface area contributed by atoms with E-state index in [1.807, 2.05) is 13.0 Å². The van der Waals surface area contributed by atoms with Gasteiger partial charge in [0.15, 0.2) is 10.9 Å². The van der Waals surface area contributed by atoms with Crippen LogP contribution in [0.1, 0.15) is 84.2 Å². The average molecular weight is 418 g/mol. The largest absolute Gasteiger partial charge is 0.383 e. The molecule has 1 atom stereocenters. The van der Waals surface area contributed by atoms with Crippen molar-refractivity contribution in [2.45, 2.75) is 84.0 Å². The van der Waals surface area contributed by atoms with Gasteiger partial charge >= 0.3 is 0 Å². The Morgan fingerprint density at radius 1 is 1.21 bits per heavy atom. The highest BCUT2D eigenvalue weighted by Crippen LogP contribution is 2.34. The van der Waals surface area contributed by atoms with Crippen LogP contribution in [0.5, 0.6) is 0 Å². The Hall–Kier alpha value is -1.53. The molecule has 1 aliphatic rings. The average Bonchev–Trinajstić information content (AvgIpc) is 3.16. The second-order valence-electron chi connectivity index (χ2n) is 8.40. The molecule has 0 radical (unpaired) electrons. The monoisotopic (exact) mass is 417 g/mol. The predicted octanol–water partition coefficient (Wildman–Crippen LogP) is 5.61. The van der Waals surface area contributed by atoms with Gasteiger partial charge in [0.25, 0.3) is 0 Å². The zero-order chi connectivity index (χ0) is 21.1. The summed E-state index contributed by atoms with van der Waals surface area (Å²) in [6.45, 7) is 11.1. The molecule has 5 nitrogen and oxygen atoms in total. The predicted molar refractivity (Wildman–Crippen MR) is 119 cm³/mol. The number of nitrogens with zero attached hydrogens (tertiary/aromatic N) is 3. The summed E-state index contributed by atoms with van der Waals surface area (Å²) in [6.07, 6.45) is 6.35. The van der Waals surface area contributed by atoms with E-state index in [0.29, 0.717) is 18.4 Å². The molecule has 0 aliphatic heterocycles. The van der Waals surface area contributed by atoms with Crippen LogP contribution in [0.25, 0.3) is 0 Å². The number of Topliss-reactive ketones (excluding diaryl/α,β-unsaturated/α-hetero) is 1. The number of hydrogen-bond donors (Lipinski definition) is 0. The third kappa shape index (κ3) is 4.64. The summed E-state index contributed by atoms with van der Waals surface area (Å²) >= 11 is 1.59. The molecule has 1 unspecified atom stereocenters. The van der Waals surface area contributed by atoms with Crippen molar-refractivity contribution in [3.8, 4) is 0 Å². The van der Waals surface area contributed by atoms with Crippen molar-refractivity contribution in [3.63, 3.8) is 0 Å². The van der Waals surface area contributed by atoms with Crippen molar-refractivity contribution in [3.05, 3.63) is 34.4 Å². The van der Waals surface area contributed by atoms with Crippen LogP contribution in [0.4, 0.5) is 0 Å². The van der Waals surface area contributed by atoms with E-state index in [2.05, 4.69) is 36.8 Å². The Morgan fingerprint density at radius 2 is 1.90 bits per heavy atom. The van der Waals surface area contributed by atoms with Crippen LogP contribution in [0.2, 0.25) is 0 Å². The van der Waals surface area contributed by atoms with Gasteiger partial charge in [-0.2, -0.15) is 0 Å². The van der Waals surface area contributed by atoms with Gasteiger partial charge in [0, 0.05) is 35.8 Å². The van der Waals surface area contributed by atoms with E-state index in [1.165, 1.54) is 37.8 Å². The number of thioether (sulfide) groups is 1. The maximum absolute atomic E-state index is 13.1. The Kier molecular flexibility index (Phi) is 7.28. The van der Waals surface area contributed by atoms with Crippen LogP contribution >= 0.6 is 11.8 Å². The molecule has 29 heavy (non-hydrogen) atoms. The Labute approximate surface area is 179 Å². The highest BCUT2D eigenvalue weighted by molar-refractivity contribution is 7.99. The molecule has 0 aromatic carbocycles. The van der Waals surface area contributed by atoms with E-state index in [-0.39, 0.29) is 11.8 Å². The van der Waals surface area contributed by atoms with Gasteiger partial charge in [0.1, 0.15) is 0 Å². The van der Waals surface area contributed by atoms with Crippen molar-refractivity contribution in [2.24, 2.45) is 0 Å². The minimum Gasteiger partial charge on any atom is -0.383 e. The van der Waals surface area contributed by atoms with Crippen molar-refractivity contribution < 1.29 is 9.53 Å². The molecule has 1 saturated carbocycles. The second kappa shape index (κ2) is 9.52. The van der Waals surface area contributed by atoms with Crippen LogP contribution in [0, 0.1) is 27.7 Å². The van der Waals surface area contributed by atoms with Crippen molar-refractivity contribution in [1.82, 2.24) is 14.1 Å². The van der Waals surface area contributed by atoms with Gasteiger partial charge in [0.05, 0.1) is 24.1 Å². The summed E-state index contributed by atoms with van der Waals surface area (Å²) in [5.74, 6) is 0.596. The second-order valence-corrected chi connectivity index (χ2v) is 9.34.